The van der Waals surface area contributed by atoms with Gasteiger partial charge in [-0.25, -0.2) is 19.7 Å². The summed E-state index contributed by atoms with van der Waals surface area (Å²) in [6, 6.07) is 0. The molecular weight excluding hydrogens is 220 g/mol. The van der Waals surface area contributed by atoms with E-state index in [9.17, 15) is 9.90 Å². The van der Waals surface area contributed by atoms with Crippen molar-refractivity contribution < 1.29 is 14.0 Å². The summed E-state index contributed by atoms with van der Waals surface area (Å²) in [6.45, 7) is 0. The van der Waals surface area contributed by atoms with Gasteiger partial charge in [0.05, 0.1) is 8.44 Å². The first-order valence-corrected chi connectivity index (χ1v) is 5.15. The van der Waals surface area contributed by atoms with Crippen LogP contribution in [0.1, 0.15) is 32.3 Å². The molecule has 86 valence electrons. The highest BCUT2D eigenvalue weighted by molar-refractivity contribution is 5.87. The zero-order valence-electron chi connectivity index (χ0n) is 11.8. The summed E-state index contributed by atoms with van der Waals surface area (Å²) in [5.41, 5.74) is 1.15. The molecule has 6 heteroatoms. The van der Waals surface area contributed by atoms with E-state index in [1.54, 1.807) is 0 Å². The minimum atomic E-state index is -1.16. The monoisotopic (exact) mass is 233 g/mol. The van der Waals surface area contributed by atoms with Crippen LogP contribution in [0.5, 0.6) is 0 Å². The molecule has 1 aliphatic carbocycles. The van der Waals surface area contributed by atoms with Crippen molar-refractivity contribution in [3.8, 4) is 5.95 Å². The van der Waals surface area contributed by atoms with Crippen LogP contribution in [-0.2, 0) is 12.8 Å². The molecule has 17 heavy (non-hydrogen) atoms. The quantitative estimate of drug-likeness (QED) is 0.831. The number of hydrogen-bond donors (Lipinski definition) is 1. The van der Waals surface area contributed by atoms with E-state index in [0.29, 0.717) is 24.1 Å². The lowest BCUT2D eigenvalue weighted by Crippen LogP contribution is -2.11. The van der Waals surface area contributed by atoms with Crippen molar-refractivity contribution in [1.29, 1.82) is 0 Å². The zero-order chi connectivity index (χ0) is 14.4. The van der Waals surface area contributed by atoms with Crippen molar-refractivity contribution in [3.05, 3.63) is 35.6 Å². The lowest BCUT2D eigenvalue weighted by atomic mass is 10.2. The molecule has 3 rings (SSSR count). The van der Waals surface area contributed by atoms with Crippen molar-refractivity contribution in [2.24, 2.45) is 0 Å². The molecule has 1 aliphatic rings. The number of aryl methyl sites for hydroxylation is 1. The van der Waals surface area contributed by atoms with Crippen molar-refractivity contribution in [3.63, 3.8) is 0 Å². The number of carboxylic acid groups (broad SMARTS) is 1. The van der Waals surface area contributed by atoms with Gasteiger partial charge in [0.25, 0.3) is 0 Å². The molecule has 0 unspecified atom stereocenters. The molecule has 2 heterocycles. The van der Waals surface area contributed by atoms with E-state index in [4.69, 9.17) is 4.11 Å². The first kappa shape index (κ1) is 7.16. The van der Waals surface area contributed by atoms with Crippen molar-refractivity contribution in [2.75, 3.05) is 0 Å². The maximum atomic E-state index is 11.3. The highest BCUT2D eigenvalue weighted by Gasteiger charge is 2.23. The van der Waals surface area contributed by atoms with E-state index >= 15 is 0 Å². The number of imidazole rings is 1. The maximum Gasteiger partial charge on any atom is 0.354 e. The molecule has 2 aromatic heterocycles. The van der Waals surface area contributed by atoms with Gasteiger partial charge in [0, 0.05) is 17.9 Å². The van der Waals surface area contributed by atoms with Gasteiger partial charge in [0.2, 0.25) is 5.95 Å². The first-order valence-electron chi connectivity index (χ1n) is 6.65. The molecule has 1 N–H and O–H groups in total. The van der Waals surface area contributed by atoms with Gasteiger partial charge in [-0.3, -0.25) is 4.57 Å². The van der Waals surface area contributed by atoms with E-state index < -0.39 is 5.97 Å². The van der Waals surface area contributed by atoms with E-state index in [-0.39, 0.29) is 30.3 Å². The van der Waals surface area contributed by atoms with Crippen LogP contribution in [0.2, 0.25) is 0 Å². The molecule has 0 fully saturated rings. The highest BCUT2D eigenvalue weighted by atomic mass is 16.4. The average molecular weight is 233 g/mol. The van der Waals surface area contributed by atoms with E-state index in [1.807, 2.05) is 0 Å². The van der Waals surface area contributed by atoms with Crippen molar-refractivity contribution in [1.82, 2.24) is 19.5 Å². The molecule has 0 aliphatic heterocycles. The predicted molar refractivity (Wildman–Crippen MR) is 58.1 cm³/mol. The van der Waals surface area contributed by atoms with Crippen LogP contribution in [0.3, 0.4) is 0 Å². The molecule has 0 bridgehead atoms. The molecule has 6 nitrogen and oxygen atoms in total. The van der Waals surface area contributed by atoms with E-state index in [0.717, 1.165) is 11.0 Å². The summed E-state index contributed by atoms with van der Waals surface area (Å²) < 4.78 is 23.7. The minimum Gasteiger partial charge on any atom is -0.476 e. The third kappa shape index (κ3) is 1.57. The molecule has 0 aromatic carbocycles. The summed E-state index contributed by atoms with van der Waals surface area (Å²) in [6.07, 6.45) is 1.03. The third-order valence-electron chi connectivity index (χ3n) is 2.69. The van der Waals surface area contributed by atoms with Crippen LogP contribution in [0.15, 0.2) is 18.6 Å². The molecule has 0 saturated heterocycles. The summed E-state index contributed by atoms with van der Waals surface area (Å²) in [4.78, 5) is 23.0. The molecule has 2 aromatic rings. The Labute approximate surface area is 101 Å². The number of rotatable bonds is 2. The minimum absolute atomic E-state index is 0.0796. The topological polar surface area (TPSA) is 80.9 Å². The van der Waals surface area contributed by atoms with Crippen molar-refractivity contribution in [2.45, 2.75) is 19.3 Å². The van der Waals surface area contributed by atoms with Gasteiger partial charge in [0.1, 0.15) is 7.67 Å². The van der Waals surface area contributed by atoms with Crippen LogP contribution < -0.4 is 0 Å². The normalized spacial score (nSPS) is 16.1. The van der Waals surface area contributed by atoms with Crippen LogP contribution in [-0.4, -0.2) is 30.6 Å². The zero-order valence-corrected chi connectivity index (χ0v) is 8.77. The molecule has 0 radical (unpaired) electrons. The predicted octanol–water partition coefficient (Wildman–Crippen LogP) is 0.849. The second kappa shape index (κ2) is 3.65. The maximum absolute atomic E-state index is 11.3. The fourth-order valence-electron chi connectivity index (χ4n) is 1.97. The van der Waals surface area contributed by atoms with Gasteiger partial charge in [-0.05, 0) is 19.3 Å². The molecule has 0 amide bonds. The SMILES string of the molecule is [2H]c1nc([2H])n(-c2nc3c(c(C(=O)O)n2)CCC3)c1[2H]. The Morgan fingerprint density at radius 3 is 3.06 bits per heavy atom. The Morgan fingerprint density at radius 2 is 2.35 bits per heavy atom. The van der Waals surface area contributed by atoms with Crippen LogP contribution >= 0.6 is 0 Å². The summed E-state index contributed by atoms with van der Waals surface area (Å²) in [5.74, 6) is -1.24. The Hall–Kier alpha value is -2.24. The summed E-state index contributed by atoms with van der Waals surface area (Å²) in [5, 5.41) is 9.22. The number of nitrogens with zero attached hydrogens (tertiary/aromatic N) is 4. The van der Waals surface area contributed by atoms with Gasteiger partial charge >= 0.3 is 5.97 Å². The lowest BCUT2D eigenvalue weighted by Gasteiger charge is -2.06. The van der Waals surface area contributed by atoms with Crippen LogP contribution in [0.25, 0.3) is 5.95 Å². The Kier molecular flexibility index (Phi) is 1.54. The molecular formula is C11H10N4O2. The lowest BCUT2D eigenvalue weighted by molar-refractivity contribution is 0.0689. The Balaban J connectivity index is 2.25. The number of fused-ring (bicyclic) bond motifs is 1. The summed E-state index contributed by atoms with van der Waals surface area (Å²) >= 11 is 0. The fraction of sp³-hybridized carbons (Fsp3) is 0.273. The molecule has 0 saturated carbocycles. The molecule has 0 spiro atoms. The number of aromatic carboxylic acids is 1. The summed E-state index contributed by atoms with van der Waals surface area (Å²) in [7, 11) is 0. The second-order valence-electron chi connectivity index (χ2n) is 3.73. The number of carboxylic acids is 1. The van der Waals surface area contributed by atoms with Gasteiger partial charge in [-0.1, -0.05) is 0 Å². The first-order chi connectivity index (χ1) is 9.49. The van der Waals surface area contributed by atoms with Gasteiger partial charge in [0.15, 0.2) is 5.69 Å². The standard InChI is InChI=1S/C11H10N4O2/c16-10(17)9-7-2-1-3-8(7)13-11(14-9)15-5-4-12-6-15/h4-6H,1-3H2,(H,16,17)/i4D,5D,6D. The van der Waals surface area contributed by atoms with Crippen molar-refractivity contribution >= 4 is 5.97 Å². The van der Waals surface area contributed by atoms with E-state index in [1.165, 1.54) is 0 Å². The molecule has 0 atom stereocenters. The highest BCUT2D eigenvalue weighted by Crippen LogP contribution is 2.23. The largest absolute Gasteiger partial charge is 0.476 e. The third-order valence-corrected chi connectivity index (χ3v) is 2.69. The van der Waals surface area contributed by atoms with Gasteiger partial charge in [-0.2, -0.15) is 0 Å². The number of carbonyl (C=O) groups is 1. The number of hydrogen-bond acceptors (Lipinski definition) is 4. The Morgan fingerprint density at radius 1 is 1.47 bits per heavy atom. The van der Waals surface area contributed by atoms with Crippen LogP contribution in [0.4, 0.5) is 0 Å². The van der Waals surface area contributed by atoms with Gasteiger partial charge in [-0.15, -0.1) is 0 Å². The fourth-order valence-corrected chi connectivity index (χ4v) is 1.97. The van der Waals surface area contributed by atoms with E-state index in [2.05, 4.69) is 15.0 Å². The van der Waals surface area contributed by atoms with Crippen LogP contribution in [0, 0.1) is 0 Å². The second-order valence-corrected chi connectivity index (χ2v) is 3.73. The average Bonchev–Trinajstić information content (AvgIpc) is 2.94. The van der Waals surface area contributed by atoms with Gasteiger partial charge < -0.3 is 5.11 Å². The number of aromatic nitrogens is 4. The Bertz CT molecular complexity index is 729. The smallest absolute Gasteiger partial charge is 0.354 e.